The summed E-state index contributed by atoms with van der Waals surface area (Å²) in [6.07, 6.45) is -9.51. The van der Waals surface area contributed by atoms with E-state index in [0.29, 0.717) is 0 Å². The second-order valence-corrected chi connectivity index (χ2v) is 22.9. The maximum Gasteiger partial charge on any atom is 0.338 e. The highest BCUT2D eigenvalue weighted by molar-refractivity contribution is 6.99. The maximum absolute atomic E-state index is 13.7. The lowest BCUT2D eigenvalue weighted by molar-refractivity contribution is -0.367. The molecular formula is C45H58Cl3NO12Si. The van der Waals surface area contributed by atoms with Crippen LogP contribution in [-0.2, 0) is 63.3 Å². The number of methoxy groups -OCH3 is 3. The van der Waals surface area contributed by atoms with Crippen LogP contribution < -0.4 is 10.4 Å². The fourth-order valence-electron chi connectivity index (χ4n) is 8.58. The molecule has 0 amide bonds. The van der Waals surface area contributed by atoms with E-state index < -0.39 is 95.7 Å². The third-order valence-electron chi connectivity index (χ3n) is 11.6. The smallest absolute Gasteiger partial charge is 0.338 e. The number of alkyl halides is 3. The number of nitrogens with one attached hydrogen (secondary N) is 1. The van der Waals surface area contributed by atoms with Gasteiger partial charge in [0.2, 0.25) is 12.2 Å². The van der Waals surface area contributed by atoms with Gasteiger partial charge in [0.25, 0.3) is 12.1 Å². The minimum absolute atomic E-state index is 0.0191. The summed E-state index contributed by atoms with van der Waals surface area (Å²) in [5.41, 5.74) is -0.784. The molecule has 5 rings (SSSR count). The third kappa shape index (κ3) is 10.7. The number of hydrogen-bond acceptors (Lipinski definition) is 13. The normalized spacial score (nSPS) is 28.2. The fourth-order valence-corrected chi connectivity index (χ4v) is 13.3. The molecule has 0 aromatic heterocycles. The van der Waals surface area contributed by atoms with E-state index in [0.717, 1.165) is 15.9 Å². The van der Waals surface area contributed by atoms with Gasteiger partial charge in [-0.2, -0.15) is 0 Å². The number of benzene rings is 3. The summed E-state index contributed by atoms with van der Waals surface area (Å²) >= 11 is 18.5. The van der Waals surface area contributed by atoms with Crippen LogP contribution in [0.15, 0.2) is 91.0 Å². The molecule has 0 saturated carbocycles. The van der Waals surface area contributed by atoms with Crippen LogP contribution in [0, 0.1) is 11.3 Å². The minimum atomic E-state index is -3.28. The predicted octanol–water partition coefficient (Wildman–Crippen LogP) is 6.90. The molecule has 5 unspecified atom stereocenters. The lowest BCUT2D eigenvalue weighted by Crippen LogP contribution is -2.70. The second-order valence-electron chi connectivity index (χ2n) is 16.3. The van der Waals surface area contributed by atoms with Crippen LogP contribution in [0.2, 0.25) is 5.04 Å². The van der Waals surface area contributed by atoms with Crippen molar-refractivity contribution in [2.75, 3.05) is 27.9 Å². The molecule has 2 saturated heterocycles. The van der Waals surface area contributed by atoms with Crippen molar-refractivity contribution in [2.24, 2.45) is 5.92 Å². The van der Waals surface area contributed by atoms with Crippen LogP contribution in [0.25, 0.3) is 0 Å². The zero-order chi connectivity index (χ0) is 45.5. The van der Waals surface area contributed by atoms with Crippen LogP contribution in [0.4, 0.5) is 0 Å². The number of carbonyl (C=O) groups is 2. The van der Waals surface area contributed by atoms with Gasteiger partial charge in [-0.3, -0.25) is 10.2 Å². The maximum atomic E-state index is 13.7. The molecule has 62 heavy (non-hydrogen) atoms. The molecule has 10 atom stereocenters. The van der Waals surface area contributed by atoms with E-state index in [-0.39, 0.29) is 19.6 Å². The Morgan fingerprint density at radius 1 is 0.774 bits per heavy atom. The molecule has 340 valence electrons. The Balaban J connectivity index is 1.70. The molecule has 0 aliphatic carbocycles. The quantitative estimate of drug-likeness (QED) is 0.0524. The van der Waals surface area contributed by atoms with Gasteiger partial charge < -0.3 is 47.1 Å². The van der Waals surface area contributed by atoms with Crippen molar-refractivity contribution in [3.05, 3.63) is 96.6 Å². The Morgan fingerprint density at radius 2 is 1.32 bits per heavy atom. The van der Waals surface area contributed by atoms with Crippen LogP contribution in [-0.4, -0.2) is 113 Å². The van der Waals surface area contributed by atoms with Gasteiger partial charge in [0.05, 0.1) is 26.4 Å². The standard InChI is InChI=1S/C45H58Cl3NO12Si/c1-10-44(42(51)54-9)28(2)34(52-7)37(53-8)40(61-44)59-35-33(27-56-62(43(4,5)6,31-22-16-12-17-23-31)32-24-18-13-19-25-32)58-39(60-41(49)45(46,47)48)38(36(35)57-29(3)50)55-26-30-20-14-11-15-21-30/h11-25,28,33-40,49H,10,26-27H2,1-9H3/t28-,33?,34+,35+,36+,37?,38?,39?,40-,44?/m1/s1. The summed E-state index contributed by atoms with van der Waals surface area (Å²) in [4.78, 5) is 26.9. The second kappa shape index (κ2) is 21.2. The Morgan fingerprint density at radius 3 is 1.79 bits per heavy atom. The predicted molar refractivity (Wildman–Crippen MR) is 237 cm³/mol. The molecule has 0 radical (unpaired) electrons. The fraction of sp³-hybridized carbons (Fsp3) is 0.533. The average molecular weight is 939 g/mol. The molecule has 3 aromatic rings. The van der Waals surface area contributed by atoms with Gasteiger partial charge in [-0.25, -0.2) is 4.79 Å². The summed E-state index contributed by atoms with van der Waals surface area (Å²) < 4.78 is 61.5. The largest absolute Gasteiger partial charge is 0.467 e. The van der Waals surface area contributed by atoms with Crippen LogP contribution in [0.1, 0.15) is 53.5 Å². The van der Waals surface area contributed by atoms with Crippen molar-refractivity contribution in [3.63, 3.8) is 0 Å². The van der Waals surface area contributed by atoms with Gasteiger partial charge in [0.1, 0.15) is 18.3 Å². The summed E-state index contributed by atoms with van der Waals surface area (Å²) in [5, 5.41) is 10.1. The van der Waals surface area contributed by atoms with E-state index in [1.807, 2.05) is 97.9 Å². The highest BCUT2D eigenvalue weighted by Crippen LogP contribution is 2.44. The first-order valence-corrected chi connectivity index (χ1v) is 23.5. The molecule has 17 heteroatoms. The highest BCUT2D eigenvalue weighted by atomic mass is 35.6. The number of rotatable bonds is 16. The van der Waals surface area contributed by atoms with Crippen molar-refractivity contribution in [3.8, 4) is 0 Å². The molecular weight excluding hydrogens is 881 g/mol. The molecule has 2 heterocycles. The van der Waals surface area contributed by atoms with Gasteiger partial charge in [0.15, 0.2) is 24.1 Å². The van der Waals surface area contributed by atoms with Crippen molar-refractivity contribution in [2.45, 2.75) is 118 Å². The number of carbonyl (C=O) groups excluding carboxylic acids is 2. The minimum Gasteiger partial charge on any atom is -0.467 e. The molecule has 0 spiro atoms. The number of hydrogen-bond donors (Lipinski definition) is 1. The van der Waals surface area contributed by atoms with Crippen molar-refractivity contribution in [1.82, 2.24) is 0 Å². The Labute approximate surface area is 380 Å². The number of esters is 2. The Bertz CT molecular complexity index is 1880. The van der Waals surface area contributed by atoms with E-state index >= 15 is 0 Å². The number of ether oxygens (including phenoxy) is 9. The molecule has 1 N–H and O–H groups in total. The van der Waals surface area contributed by atoms with E-state index in [4.69, 9.17) is 87.3 Å². The van der Waals surface area contributed by atoms with Crippen LogP contribution in [0.3, 0.4) is 0 Å². The third-order valence-corrected chi connectivity index (χ3v) is 17.1. The number of halogens is 3. The molecule has 13 nitrogen and oxygen atoms in total. The summed E-state index contributed by atoms with van der Waals surface area (Å²) in [6, 6.07) is 29.2. The van der Waals surface area contributed by atoms with E-state index in [1.165, 1.54) is 28.3 Å². The summed E-state index contributed by atoms with van der Waals surface area (Å²) in [7, 11) is 0.982. The molecule has 3 aromatic carbocycles. The molecule has 2 aliphatic heterocycles. The molecule has 0 bridgehead atoms. The lowest BCUT2D eigenvalue weighted by atomic mass is 9.77. The lowest BCUT2D eigenvalue weighted by Gasteiger charge is -2.52. The zero-order valence-corrected chi connectivity index (χ0v) is 39.8. The summed E-state index contributed by atoms with van der Waals surface area (Å²) in [6.45, 7) is 11.0. The zero-order valence-electron chi connectivity index (χ0n) is 36.5. The van der Waals surface area contributed by atoms with Crippen molar-refractivity contribution >= 4 is 71.3 Å². The summed E-state index contributed by atoms with van der Waals surface area (Å²) in [5.74, 6) is -2.67. The first-order chi connectivity index (χ1) is 29.4. The van der Waals surface area contributed by atoms with E-state index in [1.54, 1.807) is 6.92 Å². The molecule has 2 fully saturated rings. The van der Waals surface area contributed by atoms with Gasteiger partial charge in [-0.1, -0.05) is 160 Å². The Hall–Kier alpha value is -3.12. The monoisotopic (exact) mass is 937 g/mol. The topological polar surface area (TPSA) is 150 Å². The van der Waals surface area contributed by atoms with E-state index in [2.05, 4.69) is 20.8 Å². The highest BCUT2D eigenvalue weighted by Gasteiger charge is 2.61. The van der Waals surface area contributed by atoms with Gasteiger partial charge in [-0.05, 0) is 27.4 Å². The SMILES string of the molecule is CCC1(C(=O)OC)O[C@@H](O[C@H]2C(CO[Si](c3ccccc3)(c3ccccc3)C(C)(C)C)OC(OC(=N)C(Cl)(Cl)Cl)C(OCc3ccccc3)[C@H]2OC(C)=O)C(OC)[C@@H](OC)[C@H]1C. The van der Waals surface area contributed by atoms with Gasteiger partial charge in [-0.15, -0.1) is 0 Å². The molecule has 2 aliphatic rings. The van der Waals surface area contributed by atoms with Crippen LogP contribution >= 0.6 is 34.8 Å². The average Bonchev–Trinajstić information content (AvgIpc) is 3.24. The van der Waals surface area contributed by atoms with Crippen molar-refractivity contribution in [1.29, 1.82) is 5.41 Å². The first kappa shape index (κ1) is 49.9. The van der Waals surface area contributed by atoms with Gasteiger partial charge >= 0.3 is 11.9 Å². The van der Waals surface area contributed by atoms with Crippen LogP contribution in [0.5, 0.6) is 0 Å². The first-order valence-electron chi connectivity index (χ1n) is 20.4. The Kier molecular flexibility index (Phi) is 17.1. The van der Waals surface area contributed by atoms with Gasteiger partial charge in [0, 0.05) is 27.1 Å². The van der Waals surface area contributed by atoms with Crippen molar-refractivity contribution < 1.29 is 56.6 Å². The van der Waals surface area contributed by atoms with E-state index in [9.17, 15) is 9.59 Å².